The number of thioether (sulfide) groups is 1. The summed E-state index contributed by atoms with van der Waals surface area (Å²) in [7, 11) is 0. The van der Waals surface area contributed by atoms with Crippen LogP contribution >= 0.6 is 23.4 Å². The quantitative estimate of drug-likeness (QED) is 0.413. The summed E-state index contributed by atoms with van der Waals surface area (Å²) in [5, 5.41) is 23.0. The van der Waals surface area contributed by atoms with Gasteiger partial charge in [-0.25, -0.2) is 0 Å². The number of hydrogen-bond donors (Lipinski definition) is 1. The lowest BCUT2D eigenvalue weighted by atomic mass is 10.3. The Morgan fingerprint density at radius 2 is 2.07 bits per heavy atom. The van der Waals surface area contributed by atoms with Crippen LogP contribution in [-0.4, -0.2) is 44.4 Å². The first-order chi connectivity index (χ1) is 13.5. The first-order valence-electron chi connectivity index (χ1n) is 9.09. The van der Waals surface area contributed by atoms with E-state index in [2.05, 4.69) is 25.0 Å². The molecule has 0 bridgehead atoms. The van der Waals surface area contributed by atoms with Crippen LogP contribution in [0.1, 0.15) is 31.7 Å². The molecule has 1 amide bonds. The summed E-state index contributed by atoms with van der Waals surface area (Å²) in [6.07, 6.45) is 4.55. The first-order valence-corrected chi connectivity index (χ1v) is 10.5. The Morgan fingerprint density at radius 3 is 2.71 bits per heavy atom. The average molecular weight is 423 g/mol. The van der Waals surface area contributed by atoms with Gasteiger partial charge in [0.15, 0.2) is 5.16 Å². The maximum atomic E-state index is 12.3. The number of benzene rings is 1. The fourth-order valence-corrected chi connectivity index (χ4v) is 4.21. The van der Waals surface area contributed by atoms with Crippen LogP contribution in [0.4, 0.5) is 17.3 Å². The molecule has 0 spiro atoms. The summed E-state index contributed by atoms with van der Waals surface area (Å²) < 4.78 is 2.15. The number of carbonyl (C=O) groups excluding carboxylic acids is 1. The molecule has 148 valence electrons. The highest BCUT2D eigenvalue weighted by Gasteiger charge is 2.32. The molecule has 9 nitrogen and oxygen atoms in total. The molecule has 1 saturated heterocycles. The third-order valence-corrected chi connectivity index (χ3v) is 5.97. The lowest BCUT2D eigenvalue weighted by Crippen LogP contribution is -2.22. The van der Waals surface area contributed by atoms with E-state index < -0.39 is 4.92 Å². The molecule has 0 atom stereocenters. The van der Waals surface area contributed by atoms with Gasteiger partial charge in [-0.1, -0.05) is 23.4 Å². The molecule has 0 radical (unpaired) electrons. The maximum Gasteiger partial charge on any atom is 0.271 e. The van der Waals surface area contributed by atoms with Crippen LogP contribution in [0.25, 0.3) is 0 Å². The van der Waals surface area contributed by atoms with Gasteiger partial charge in [-0.2, -0.15) is 0 Å². The molecule has 1 aliphatic carbocycles. The van der Waals surface area contributed by atoms with Gasteiger partial charge < -0.3 is 10.2 Å². The molecule has 2 fully saturated rings. The second kappa shape index (κ2) is 7.96. The van der Waals surface area contributed by atoms with Crippen molar-refractivity contribution in [2.75, 3.05) is 29.1 Å². The highest BCUT2D eigenvalue weighted by molar-refractivity contribution is 7.99. The monoisotopic (exact) mass is 422 g/mol. The van der Waals surface area contributed by atoms with E-state index in [0.29, 0.717) is 11.7 Å². The van der Waals surface area contributed by atoms with Gasteiger partial charge in [0.25, 0.3) is 5.69 Å². The van der Waals surface area contributed by atoms with Crippen molar-refractivity contribution in [2.24, 2.45) is 0 Å². The maximum absolute atomic E-state index is 12.3. The van der Waals surface area contributed by atoms with Crippen molar-refractivity contribution in [2.45, 2.75) is 36.9 Å². The van der Waals surface area contributed by atoms with Crippen molar-refractivity contribution < 1.29 is 9.72 Å². The molecule has 1 aromatic carbocycles. The number of nitrogens with one attached hydrogen (secondary N) is 1. The SMILES string of the molecule is O=C(CSc1nnc(N2CCCC2)n1C1CC1)Nc1ccc([N+](=O)[O-])cc1Cl. The number of anilines is 2. The predicted octanol–water partition coefficient (Wildman–Crippen LogP) is 3.51. The van der Waals surface area contributed by atoms with Crippen LogP contribution in [0.3, 0.4) is 0 Å². The third kappa shape index (κ3) is 4.07. The fourth-order valence-electron chi connectivity index (χ4n) is 3.19. The van der Waals surface area contributed by atoms with E-state index in [1.165, 1.54) is 42.8 Å². The molecule has 28 heavy (non-hydrogen) atoms. The van der Waals surface area contributed by atoms with Crippen molar-refractivity contribution >= 4 is 46.6 Å². The van der Waals surface area contributed by atoms with E-state index in [-0.39, 0.29) is 22.4 Å². The van der Waals surface area contributed by atoms with E-state index in [1.807, 2.05) is 0 Å². The number of hydrogen-bond acceptors (Lipinski definition) is 7. The summed E-state index contributed by atoms with van der Waals surface area (Å²) in [6.45, 7) is 1.99. The lowest BCUT2D eigenvalue weighted by molar-refractivity contribution is -0.384. The van der Waals surface area contributed by atoms with E-state index in [4.69, 9.17) is 11.6 Å². The minimum absolute atomic E-state index is 0.121. The zero-order chi connectivity index (χ0) is 19.7. The third-order valence-electron chi connectivity index (χ3n) is 4.72. The summed E-state index contributed by atoms with van der Waals surface area (Å²) in [5.41, 5.74) is 0.226. The van der Waals surface area contributed by atoms with Crippen molar-refractivity contribution in [3.63, 3.8) is 0 Å². The average Bonchev–Trinajstić information content (AvgIpc) is 3.18. The normalized spacial score (nSPS) is 16.4. The molecular weight excluding hydrogens is 404 g/mol. The van der Waals surface area contributed by atoms with Gasteiger partial charge in [0.2, 0.25) is 11.9 Å². The second-order valence-electron chi connectivity index (χ2n) is 6.84. The van der Waals surface area contributed by atoms with E-state index >= 15 is 0 Å². The molecule has 2 aromatic rings. The predicted molar refractivity (Wildman–Crippen MR) is 107 cm³/mol. The van der Waals surface area contributed by atoms with Gasteiger partial charge in [-0.05, 0) is 31.7 Å². The second-order valence-corrected chi connectivity index (χ2v) is 8.19. The Kier molecular flexibility index (Phi) is 5.40. The summed E-state index contributed by atoms with van der Waals surface area (Å²) in [5.74, 6) is 0.799. The van der Waals surface area contributed by atoms with Crippen LogP contribution in [-0.2, 0) is 4.79 Å². The van der Waals surface area contributed by atoms with Crippen LogP contribution in [0.2, 0.25) is 5.02 Å². The highest BCUT2D eigenvalue weighted by Crippen LogP contribution is 2.41. The molecule has 1 N–H and O–H groups in total. The first kappa shape index (κ1) is 19.0. The highest BCUT2D eigenvalue weighted by atomic mass is 35.5. The van der Waals surface area contributed by atoms with Gasteiger partial charge in [-0.15, -0.1) is 10.2 Å². The zero-order valence-electron chi connectivity index (χ0n) is 15.0. The minimum atomic E-state index is -0.532. The number of amides is 1. The Morgan fingerprint density at radius 1 is 1.32 bits per heavy atom. The number of carbonyl (C=O) groups is 1. The van der Waals surface area contributed by atoms with Gasteiger partial charge >= 0.3 is 0 Å². The van der Waals surface area contributed by atoms with Crippen molar-refractivity contribution in [1.29, 1.82) is 0 Å². The Labute approximate surface area is 170 Å². The van der Waals surface area contributed by atoms with Crippen molar-refractivity contribution in [3.05, 3.63) is 33.3 Å². The topological polar surface area (TPSA) is 106 Å². The molecule has 1 aliphatic heterocycles. The summed E-state index contributed by atoms with van der Waals surface area (Å²) in [6, 6.07) is 4.37. The number of rotatable bonds is 7. The largest absolute Gasteiger partial charge is 0.341 e. The lowest BCUT2D eigenvalue weighted by Gasteiger charge is -2.17. The summed E-state index contributed by atoms with van der Waals surface area (Å²) >= 11 is 7.36. The number of nitro groups is 1. The van der Waals surface area contributed by atoms with Crippen LogP contribution in [0.5, 0.6) is 0 Å². The summed E-state index contributed by atoms with van der Waals surface area (Å²) in [4.78, 5) is 24.8. The smallest absolute Gasteiger partial charge is 0.271 e. The Hall–Kier alpha value is -2.33. The molecule has 1 aromatic heterocycles. The van der Waals surface area contributed by atoms with Crippen LogP contribution in [0.15, 0.2) is 23.4 Å². The molecular formula is C17H19ClN6O3S. The minimum Gasteiger partial charge on any atom is -0.341 e. The molecule has 0 unspecified atom stereocenters. The number of nitrogens with zero attached hydrogens (tertiary/aromatic N) is 5. The van der Waals surface area contributed by atoms with Crippen molar-refractivity contribution in [3.8, 4) is 0 Å². The van der Waals surface area contributed by atoms with Crippen LogP contribution in [0, 0.1) is 10.1 Å². The number of nitro benzene ring substituents is 1. The molecule has 4 rings (SSSR count). The zero-order valence-corrected chi connectivity index (χ0v) is 16.6. The Bertz CT molecular complexity index is 910. The molecule has 11 heteroatoms. The van der Waals surface area contributed by atoms with Crippen LogP contribution < -0.4 is 10.2 Å². The van der Waals surface area contributed by atoms with E-state index in [1.54, 1.807) is 0 Å². The Balaban J connectivity index is 1.41. The molecule has 1 saturated carbocycles. The van der Waals surface area contributed by atoms with Gasteiger partial charge in [-0.3, -0.25) is 19.5 Å². The van der Waals surface area contributed by atoms with Crippen molar-refractivity contribution in [1.82, 2.24) is 14.8 Å². The van der Waals surface area contributed by atoms with Gasteiger partial charge in [0.1, 0.15) is 0 Å². The fraction of sp³-hybridized carbons (Fsp3) is 0.471. The van der Waals surface area contributed by atoms with Gasteiger partial charge in [0, 0.05) is 31.3 Å². The van der Waals surface area contributed by atoms with E-state index in [9.17, 15) is 14.9 Å². The number of halogens is 1. The van der Waals surface area contributed by atoms with E-state index in [0.717, 1.165) is 37.0 Å². The van der Waals surface area contributed by atoms with Gasteiger partial charge in [0.05, 0.1) is 21.4 Å². The molecule has 2 heterocycles. The standard InChI is InChI=1S/C17H19ClN6O3S/c18-13-9-12(24(26)27)5-6-14(13)19-15(25)10-28-17-21-20-16(22-7-1-2-8-22)23(17)11-3-4-11/h5-6,9,11H,1-4,7-8,10H2,(H,19,25). The molecule has 2 aliphatic rings. The number of non-ortho nitro benzene ring substituents is 1. The number of aromatic nitrogens is 3.